The Hall–Kier alpha value is -0.0200. The van der Waals surface area contributed by atoms with E-state index >= 15 is 0 Å². The first-order valence-electron chi connectivity index (χ1n) is 5.25. The van der Waals surface area contributed by atoms with Gasteiger partial charge in [0.25, 0.3) is 0 Å². The van der Waals surface area contributed by atoms with Crippen LogP contribution in [0.15, 0.2) is 0 Å². The predicted octanol–water partition coefficient (Wildman–Crippen LogP) is 1.75. The molecule has 2 rings (SSSR count). The van der Waals surface area contributed by atoms with Gasteiger partial charge in [-0.05, 0) is 25.7 Å². The lowest BCUT2D eigenvalue weighted by molar-refractivity contribution is -0.125. The average molecular weight is 199 g/mol. The number of hydrogen-bond donors (Lipinski definition) is 2. The molecule has 0 aromatic carbocycles. The van der Waals surface area contributed by atoms with Gasteiger partial charge < -0.3 is 0 Å². The monoisotopic (exact) mass is 199 g/mol. The SMILES string of the molecule is O=C(C1CCC1)C(S)NC1CCC1. The minimum Gasteiger partial charge on any atom is -0.297 e. The van der Waals surface area contributed by atoms with Gasteiger partial charge in [-0.15, -0.1) is 0 Å². The molecule has 1 unspecified atom stereocenters. The summed E-state index contributed by atoms with van der Waals surface area (Å²) in [5.41, 5.74) is 0. The van der Waals surface area contributed by atoms with Gasteiger partial charge >= 0.3 is 0 Å². The zero-order valence-corrected chi connectivity index (χ0v) is 8.72. The highest BCUT2D eigenvalue weighted by Crippen LogP contribution is 2.29. The van der Waals surface area contributed by atoms with Crippen LogP contribution in [0, 0.1) is 5.92 Å². The first kappa shape index (κ1) is 9.53. The zero-order valence-electron chi connectivity index (χ0n) is 7.83. The molecule has 0 radical (unpaired) electrons. The van der Waals surface area contributed by atoms with E-state index in [0.717, 1.165) is 12.8 Å². The molecule has 0 aromatic heterocycles. The van der Waals surface area contributed by atoms with E-state index in [2.05, 4.69) is 17.9 Å². The highest BCUT2D eigenvalue weighted by Gasteiger charge is 2.31. The third-order valence-corrected chi connectivity index (χ3v) is 3.68. The standard InChI is InChI=1S/C10H17NOS/c12-9(7-3-1-4-7)10(13)11-8-5-2-6-8/h7-8,10-11,13H,1-6H2. The summed E-state index contributed by atoms with van der Waals surface area (Å²) >= 11 is 4.32. The molecule has 1 atom stereocenters. The van der Waals surface area contributed by atoms with Crippen LogP contribution < -0.4 is 5.32 Å². The molecule has 2 aliphatic rings. The second kappa shape index (κ2) is 4.01. The average Bonchev–Trinajstić information content (AvgIpc) is 1.92. The molecule has 74 valence electrons. The van der Waals surface area contributed by atoms with Crippen LogP contribution in [0.4, 0.5) is 0 Å². The van der Waals surface area contributed by atoms with E-state index in [4.69, 9.17) is 0 Å². The van der Waals surface area contributed by atoms with Crippen molar-refractivity contribution in [3.05, 3.63) is 0 Å². The van der Waals surface area contributed by atoms with Gasteiger partial charge in [0.15, 0.2) is 5.78 Å². The Morgan fingerprint density at radius 3 is 2.23 bits per heavy atom. The van der Waals surface area contributed by atoms with E-state index in [1.807, 2.05) is 0 Å². The van der Waals surface area contributed by atoms with Crippen molar-refractivity contribution in [2.75, 3.05) is 0 Å². The van der Waals surface area contributed by atoms with Gasteiger partial charge in [-0.3, -0.25) is 10.1 Å². The van der Waals surface area contributed by atoms with Crippen LogP contribution >= 0.6 is 12.6 Å². The fourth-order valence-corrected chi connectivity index (χ4v) is 2.22. The van der Waals surface area contributed by atoms with Gasteiger partial charge in [-0.2, -0.15) is 12.6 Å². The van der Waals surface area contributed by atoms with Gasteiger partial charge in [0, 0.05) is 12.0 Å². The zero-order chi connectivity index (χ0) is 9.26. The Kier molecular flexibility index (Phi) is 2.94. The van der Waals surface area contributed by atoms with Crippen LogP contribution in [0.25, 0.3) is 0 Å². The second-order valence-electron chi connectivity index (χ2n) is 4.23. The van der Waals surface area contributed by atoms with Gasteiger partial charge in [0.1, 0.15) is 5.37 Å². The second-order valence-corrected chi connectivity index (χ2v) is 4.74. The topological polar surface area (TPSA) is 29.1 Å². The van der Waals surface area contributed by atoms with Crippen molar-refractivity contribution < 1.29 is 4.79 Å². The number of rotatable bonds is 4. The molecule has 3 heteroatoms. The smallest absolute Gasteiger partial charge is 0.162 e. The summed E-state index contributed by atoms with van der Waals surface area (Å²) in [5, 5.41) is 3.08. The fraction of sp³-hybridized carbons (Fsp3) is 0.900. The molecule has 0 heterocycles. The number of carbonyl (C=O) groups is 1. The van der Waals surface area contributed by atoms with E-state index in [0.29, 0.717) is 17.7 Å². The van der Waals surface area contributed by atoms with Crippen molar-refractivity contribution in [2.45, 2.75) is 49.9 Å². The lowest BCUT2D eigenvalue weighted by Crippen LogP contribution is -2.46. The highest BCUT2D eigenvalue weighted by atomic mass is 32.1. The van der Waals surface area contributed by atoms with Crippen LogP contribution in [0.5, 0.6) is 0 Å². The van der Waals surface area contributed by atoms with E-state index in [1.165, 1.54) is 25.7 Å². The quantitative estimate of drug-likeness (QED) is 0.533. The summed E-state index contributed by atoms with van der Waals surface area (Å²) in [6.45, 7) is 0. The van der Waals surface area contributed by atoms with E-state index in [9.17, 15) is 4.79 Å². The summed E-state index contributed by atoms with van der Waals surface area (Å²) in [6, 6.07) is 0.562. The first-order chi connectivity index (χ1) is 6.27. The van der Waals surface area contributed by atoms with Gasteiger partial charge in [0.2, 0.25) is 0 Å². The van der Waals surface area contributed by atoms with Gasteiger partial charge in [0.05, 0.1) is 0 Å². The van der Waals surface area contributed by atoms with Crippen molar-refractivity contribution in [2.24, 2.45) is 5.92 Å². The molecule has 0 saturated heterocycles. The molecule has 0 amide bonds. The number of ketones is 1. The largest absolute Gasteiger partial charge is 0.297 e. The van der Waals surface area contributed by atoms with Crippen LogP contribution in [0.2, 0.25) is 0 Å². The summed E-state index contributed by atoms with van der Waals surface area (Å²) in [4.78, 5) is 11.7. The summed E-state index contributed by atoms with van der Waals surface area (Å²) in [6.07, 6.45) is 7.13. The van der Waals surface area contributed by atoms with Crippen LogP contribution in [0.1, 0.15) is 38.5 Å². The summed E-state index contributed by atoms with van der Waals surface area (Å²) in [7, 11) is 0. The van der Waals surface area contributed by atoms with Crippen molar-refractivity contribution in [1.82, 2.24) is 5.32 Å². The minimum absolute atomic E-state index is 0.199. The third-order valence-electron chi connectivity index (χ3n) is 3.28. The Bertz CT molecular complexity index is 199. The fourth-order valence-electron chi connectivity index (χ4n) is 1.80. The maximum atomic E-state index is 11.7. The highest BCUT2D eigenvalue weighted by molar-refractivity contribution is 7.81. The molecule has 0 spiro atoms. The van der Waals surface area contributed by atoms with E-state index < -0.39 is 0 Å². The van der Waals surface area contributed by atoms with Crippen molar-refractivity contribution in [1.29, 1.82) is 0 Å². The number of thiol groups is 1. The number of nitrogens with one attached hydrogen (secondary N) is 1. The van der Waals surface area contributed by atoms with E-state index in [-0.39, 0.29) is 5.37 Å². The molecule has 2 fully saturated rings. The lowest BCUT2D eigenvalue weighted by Gasteiger charge is -2.32. The van der Waals surface area contributed by atoms with Gasteiger partial charge in [-0.1, -0.05) is 12.8 Å². The number of Topliss-reactive ketones (excluding diaryl/α,β-unsaturated/α-hetero) is 1. The molecule has 2 aliphatic carbocycles. The summed E-state index contributed by atoms with van der Waals surface area (Å²) < 4.78 is 0. The molecule has 0 aliphatic heterocycles. The first-order valence-corrected chi connectivity index (χ1v) is 5.77. The molecule has 2 saturated carbocycles. The maximum Gasteiger partial charge on any atom is 0.162 e. The number of hydrogen-bond acceptors (Lipinski definition) is 3. The Morgan fingerprint density at radius 1 is 1.23 bits per heavy atom. The predicted molar refractivity (Wildman–Crippen MR) is 55.9 cm³/mol. The Labute approximate surface area is 84.9 Å². The maximum absolute atomic E-state index is 11.7. The molecule has 0 aromatic rings. The molecular formula is C10H17NOS. The van der Waals surface area contributed by atoms with Gasteiger partial charge in [-0.25, -0.2) is 0 Å². The normalized spacial score (nSPS) is 26.2. The molecular weight excluding hydrogens is 182 g/mol. The Morgan fingerprint density at radius 2 is 1.85 bits per heavy atom. The van der Waals surface area contributed by atoms with E-state index in [1.54, 1.807) is 0 Å². The van der Waals surface area contributed by atoms with Crippen molar-refractivity contribution in [3.63, 3.8) is 0 Å². The van der Waals surface area contributed by atoms with Crippen LogP contribution in [-0.2, 0) is 4.79 Å². The van der Waals surface area contributed by atoms with Crippen molar-refractivity contribution in [3.8, 4) is 0 Å². The van der Waals surface area contributed by atoms with Crippen LogP contribution in [-0.4, -0.2) is 17.2 Å². The molecule has 13 heavy (non-hydrogen) atoms. The third kappa shape index (κ3) is 2.08. The summed E-state index contributed by atoms with van der Waals surface area (Å²) in [5.74, 6) is 0.636. The minimum atomic E-state index is -0.199. The molecule has 1 N–H and O–H groups in total. The number of carbonyl (C=O) groups excluding carboxylic acids is 1. The van der Waals surface area contributed by atoms with Crippen LogP contribution in [0.3, 0.4) is 0 Å². The molecule has 0 bridgehead atoms. The Balaban J connectivity index is 1.74. The molecule has 2 nitrogen and oxygen atoms in total. The van der Waals surface area contributed by atoms with Crippen molar-refractivity contribution >= 4 is 18.4 Å². The lowest BCUT2D eigenvalue weighted by atomic mass is 9.81.